The lowest BCUT2D eigenvalue weighted by molar-refractivity contribution is 0.374. The van der Waals surface area contributed by atoms with Crippen LogP contribution < -0.4 is 14.2 Å². The zero-order valence-corrected chi connectivity index (χ0v) is 17.3. The Labute approximate surface area is 169 Å². The molecule has 1 N–H and O–H groups in total. The first-order valence-corrected chi connectivity index (χ1v) is 9.05. The number of benzene rings is 2. The van der Waals surface area contributed by atoms with Crippen LogP contribution in [0.4, 0.5) is 0 Å². The van der Waals surface area contributed by atoms with Gasteiger partial charge in [0.25, 0.3) is 0 Å². The van der Waals surface area contributed by atoms with Crippen LogP contribution in [0.25, 0.3) is 11.4 Å². The Balaban J connectivity index is 2.10. The minimum absolute atomic E-state index is 0.364. The Morgan fingerprint density at radius 1 is 1.11 bits per heavy atom. The molecule has 1 aromatic heterocycles. The third-order valence-electron chi connectivity index (χ3n) is 3.82. The van der Waals surface area contributed by atoms with Crippen LogP contribution in [-0.4, -0.2) is 42.4 Å². The van der Waals surface area contributed by atoms with Crippen LogP contribution in [0.1, 0.15) is 5.56 Å². The molecule has 0 saturated carbocycles. The molecule has 0 saturated heterocycles. The van der Waals surface area contributed by atoms with Gasteiger partial charge in [-0.05, 0) is 24.4 Å². The number of hydrogen-bond acceptors (Lipinski definition) is 6. The quantitative estimate of drug-likeness (QED) is 0.449. The number of ether oxygens (including phenoxy) is 3. The van der Waals surface area contributed by atoms with Crippen molar-refractivity contribution in [2.45, 2.75) is 0 Å². The highest BCUT2D eigenvalue weighted by Gasteiger charge is 2.14. The van der Waals surface area contributed by atoms with E-state index in [1.807, 2.05) is 24.3 Å². The highest BCUT2D eigenvalue weighted by molar-refractivity contribution is 9.10. The van der Waals surface area contributed by atoms with Crippen LogP contribution in [0.2, 0.25) is 0 Å². The summed E-state index contributed by atoms with van der Waals surface area (Å²) in [5.41, 5.74) is 1.51. The van der Waals surface area contributed by atoms with Crippen LogP contribution in [-0.2, 0) is 0 Å². The molecule has 0 aliphatic rings. The number of halogens is 1. The summed E-state index contributed by atoms with van der Waals surface area (Å²) in [6.07, 6.45) is 1.61. The molecule has 0 bridgehead atoms. The second-order valence-corrected chi connectivity index (χ2v) is 6.58. The van der Waals surface area contributed by atoms with Crippen LogP contribution in [0.3, 0.4) is 0 Å². The Kier molecular flexibility index (Phi) is 5.92. The third-order valence-corrected chi connectivity index (χ3v) is 4.78. The van der Waals surface area contributed by atoms with Crippen molar-refractivity contribution in [1.82, 2.24) is 14.9 Å². The van der Waals surface area contributed by atoms with E-state index in [0.717, 1.165) is 10.0 Å². The summed E-state index contributed by atoms with van der Waals surface area (Å²) < 4.78 is 18.9. The fraction of sp³-hybridized carbons (Fsp3) is 0.167. The van der Waals surface area contributed by atoms with Gasteiger partial charge in [-0.15, -0.1) is 0 Å². The lowest BCUT2D eigenvalue weighted by Gasteiger charge is -2.12. The Hall–Kier alpha value is -2.65. The summed E-state index contributed by atoms with van der Waals surface area (Å²) in [6, 6.07) is 11.2. The normalized spacial score (nSPS) is 11.0. The van der Waals surface area contributed by atoms with Crippen molar-refractivity contribution in [2.75, 3.05) is 21.3 Å². The Bertz CT molecular complexity index is 1020. The number of methoxy groups -OCH3 is 3. The molecule has 0 fully saturated rings. The van der Waals surface area contributed by atoms with Gasteiger partial charge in [-0.25, -0.2) is 5.10 Å². The SMILES string of the molecule is COc1cc(OC)c(C=Nn2c(-c3ccccc3Br)n[nH]c2=S)c(OC)c1. The average Bonchev–Trinajstić information content (AvgIpc) is 3.06. The first-order chi connectivity index (χ1) is 13.1. The molecular weight excluding hydrogens is 432 g/mol. The molecule has 3 rings (SSSR count). The molecule has 1 heterocycles. The predicted octanol–water partition coefficient (Wildman–Crippen LogP) is 4.28. The molecule has 0 spiro atoms. The van der Waals surface area contributed by atoms with Crippen molar-refractivity contribution in [1.29, 1.82) is 0 Å². The van der Waals surface area contributed by atoms with E-state index in [1.165, 1.54) is 0 Å². The minimum Gasteiger partial charge on any atom is -0.496 e. The Morgan fingerprint density at radius 3 is 2.37 bits per heavy atom. The number of rotatable bonds is 6. The predicted molar refractivity (Wildman–Crippen MR) is 110 cm³/mol. The van der Waals surface area contributed by atoms with Crippen LogP contribution in [0.15, 0.2) is 46.0 Å². The van der Waals surface area contributed by atoms with Crippen molar-refractivity contribution in [3.8, 4) is 28.6 Å². The number of nitrogens with zero attached hydrogens (tertiary/aromatic N) is 3. The van der Waals surface area contributed by atoms with Gasteiger partial charge in [0.1, 0.15) is 17.2 Å². The summed E-state index contributed by atoms with van der Waals surface area (Å²) in [7, 11) is 4.72. The van der Waals surface area contributed by atoms with E-state index in [0.29, 0.717) is 33.4 Å². The van der Waals surface area contributed by atoms with Gasteiger partial charge < -0.3 is 14.2 Å². The van der Waals surface area contributed by atoms with Gasteiger partial charge in [0, 0.05) is 22.2 Å². The maximum Gasteiger partial charge on any atom is 0.216 e. The van der Waals surface area contributed by atoms with E-state index < -0.39 is 0 Å². The van der Waals surface area contributed by atoms with E-state index in [2.05, 4.69) is 31.2 Å². The minimum atomic E-state index is 0.364. The highest BCUT2D eigenvalue weighted by atomic mass is 79.9. The lowest BCUT2D eigenvalue weighted by atomic mass is 10.2. The molecule has 140 valence electrons. The molecule has 2 aromatic carbocycles. The largest absolute Gasteiger partial charge is 0.496 e. The molecular formula is C18H17BrN4O3S. The molecule has 9 heteroatoms. The number of hydrogen-bond donors (Lipinski definition) is 1. The van der Waals surface area contributed by atoms with Crippen molar-refractivity contribution >= 4 is 34.4 Å². The average molecular weight is 449 g/mol. The van der Waals surface area contributed by atoms with Crippen molar-refractivity contribution in [2.24, 2.45) is 5.10 Å². The van der Waals surface area contributed by atoms with Crippen molar-refractivity contribution in [3.05, 3.63) is 51.2 Å². The van der Waals surface area contributed by atoms with Crippen LogP contribution in [0.5, 0.6) is 17.2 Å². The topological polar surface area (TPSA) is 73.7 Å². The first kappa shape index (κ1) is 19.1. The summed E-state index contributed by atoms with van der Waals surface area (Å²) >= 11 is 8.85. The van der Waals surface area contributed by atoms with Gasteiger partial charge in [-0.1, -0.05) is 28.1 Å². The third kappa shape index (κ3) is 3.88. The molecule has 0 aliphatic carbocycles. The Morgan fingerprint density at radius 2 is 1.78 bits per heavy atom. The number of aromatic nitrogens is 3. The molecule has 27 heavy (non-hydrogen) atoms. The summed E-state index contributed by atoms with van der Waals surface area (Å²) in [6.45, 7) is 0. The maximum atomic E-state index is 5.45. The van der Waals surface area contributed by atoms with E-state index >= 15 is 0 Å². The van der Waals surface area contributed by atoms with Crippen LogP contribution in [0, 0.1) is 4.77 Å². The lowest BCUT2D eigenvalue weighted by Crippen LogP contribution is -2.00. The smallest absolute Gasteiger partial charge is 0.216 e. The van der Waals surface area contributed by atoms with Crippen molar-refractivity contribution in [3.63, 3.8) is 0 Å². The zero-order valence-electron chi connectivity index (χ0n) is 14.9. The van der Waals surface area contributed by atoms with Gasteiger partial charge in [-0.2, -0.15) is 14.9 Å². The summed E-state index contributed by atoms with van der Waals surface area (Å²) in [5, 5.41) is 11.6. The molecule has 3 aromatic rings. The molecule has 7 nitrogen and oxygen atoms in total. The van der Waals surface area contributed by atoms with Gasteiger partial charge in [0.15, 0.2) is 5.82 Å². The summed E-state index contributed by atoms with van der Waals surface area (Å²) in [5.74, 6) is 2.32. The molecule has 0 atom stereocenters. The number of nitrogens with one attached hydrogen (secondary N) is 1. The number of aromatic amines is 1. The van der Waals surface area contributed by atoms with Crippen LogP contribution >= 0.6 is 28.1 Å². The maximum absolute atomic E-state index is 5.45. The van der Waals surface area contributed by atoms with Gasteiger partial charge in [-0.3, -0.25) is 0 Å². The zero-order chi connectivity index (χ0) is 19.4. The van der Waals surface area contributed by atoms with Gasteiger partial charge >= 0.3 is 0 Å². The second-order valence-electron chi connectivity index (χ2n) is 5.33. The van der Waals surface area contributed by atoms with Gasteiger partial charge in [0.2, 0.25) is 4.77 Å². The van der Waals surface area contributed by atoms with E-state index in [1.54, 1.807) is 44.4 Å². The first-order valence-electron chi connectivity index (χ1n) is 7.85. The van der Waals surface area contributed by atoms with E-state index in [4.69, 9.17) is 26.4 Å². The van der Waals surface area contributed by atoms with E-state index in [9.17, 15) is 0 Å². The fourth-order valence-electron chi connectivity index (χ4n) is 2.49. The van der Waals surface area contributed by atoms with Crippen molar-refractivity contribution < 1.29 is 14.2 Å². The monoisotopic (exact) mass is 448 g/mol. The fourth-order valence-corrected chi connectivity index (χ4v) is 3.13. The van der Waals surface area contributed by atoms with Gasteiger partial charge in [0.05, 0.1) is 33.1 Å². The van der Waals surface area contributed by atoms with E-state index in [-0.39, 0.29) is 0 Å². The molecule has 0 aliphatic heterocycles. The summed E-state index contributed by atoms with van der Waals surface area (Å²) in [4.78, 5) is 0. The highest BCUT2D eigenvalue weighted by Crippen LogP contribution is 2.33. The second kappa shape index (κ2) is 8.36. The standard InChI is InChI=1S/C18H17BrN4O3S/c1-24-11-8-15(25-2)13(16(9-11)26-3)10-20-23-17(21-22-18(23)27)12-6-4-5-7-14(12)19/h4-10H,1-3H3,(H,22,27). The molecule has 0 radical (unpaired) electrons. The molecule has 0 unspecified atom stereocenters. The number of H-pyrrole nitrogens is 1. The molecule has 0 amide bonds.